The molecule has 5 heteroatoms. The van der Waals surface area contributed by atoms with Gasteiger partial charge < -0.3 is 9.47 Å². The Balaban J connectivity index is 1.42. The smallest absolute Gasteiger partial charge is 0.162 e. The first kappa shape index (κ1) is 18.4. The largest absolute Gasteiger partial charge is 0.493 e. The van der Waals surface area contributed by atoms with Crippen LogP contribution in [-0.4, -0.2) is 43.5 Å². The Morgan fingerprint density at radius 3 is 2.62 bits per heavy atom. The summed E-state index contributed by atoms with van der Waals surface area (Å²) in [6.07, 6.45) is 2.36. The van der Waals surface area contributed by atoms with Gasteiger partial charge in [-0.2, -0.15) is 0 Å². The van der Waals surface area contributed by atoms with E-state index in [0.29, 0.717) is 12.0 Å². The molecular formula is C21H24FNO3. The highest BCUT2D eigenvalue weighted by atomic mass is 19.1. The highest BCUT2D eigenvalue weighted by molar-refractivity contribution is 5.95. The number of ether oxygens (including phenoxy) is 2. The average Bonchev–Trinajstić information content (AvgIpc) is 3.10. The van der Waals surface area contributed by atoms with Crippen LogP contribution in [0.2, 0.25) is 0 Å². The maximum Gasteiger partial charge on any atom is 0.162 e. The number of hydrogen-bond acceptors (Lipinski definition) is 4. The Morgan fingerprint density at radius 2 is 1.88 bits per heavy atom. The van der Waals surface area contributed by atoms with E-state index in [1.165, 1.54) is 12.1 Å². The summed E-state index contributed by atoms with van der Waals surface area (Å²) in [5, 5.41) is 0. The van der Waals surface area contributed by atoms with Gasteiger partial charge in [0.15, 0.2) is 17.3 Å². The first-order valence-corrected chi connectivity index (χ1v) is 8.96. The summed E-state index contributed by atoms with van der Waals surface area (Å²) in [4.78, 5) is 14.4. The monoisotopic (exact) mass is 357 g/mol. The van der Waals surface area contributed by atoms with E-state index in [2.05, 4.69) is 4.90 Å². The fourth-order valence-corrected chi connectivity index (χ4v) is 3.24. The number of para-hydroxylation sites is 2. The highest BCUT2D eigenvalue weighted by Crippen LogP contribution is 2.28. The van der Waals surface area contributed by atoms with Crippen LogP contribution in [0.5, 0.6) is 11.5 Å². The molecule has 1 aliphatic heterocycles. The van der Waals surface area contributed by atoms with Gasteiger partial charge in [-0.1, -0.05) is 12.1 Å². The van der Waals surface area contributed by atoms with Crippen LogP contribution in [0.4, 0.5) is 4.39 Å². The van der Waals surface area contributed by atoms with Gasteiger partial charge in [-0.05, 0) is 55.8 Å². The predicted octanol–water partition coefficient (Wildman–Crippen LogP) is 3.95. The van der Waals surface area contributed by atoms with E-state index in [-0.39, 0.29) is 17.7 Å². The second-order valence-corrected chi connectivity index (χ2v) is 6.51. The Morgan fingerprint density at radius 1 is 1.15 bits per heavy atom. The molecule has 0 aliphatic carbocycles. The average molecular weight is 357 g/mol. The summed E-state index contributed by atoms with van der Waals surface area (Å²) in [5.74, 6) is 1.26. The van der Waals surface area contributed by atoms with Gasteiger partial charge in [0, 0.05) is 25.1 Å². The molecule has 2 aromatic carbocycles. The van der Waals surface area contributed by atoms with E-state index < -0.39 is 0 Å². The number of halogens is 1. The number of nitrogens with zero attached hydrogens (tertiary/aromatic N) is 1. The third-order valence-corrected chi connectivity index (χ3v) is 4.64. The van der Waals surface area contributed by atoms with Crippen LogP contribution < -0.4 is 9.47 Å². The molecule has 1 unspecified atom stereocenters. The molecule has 1 saturated heterocycles. The molecular weight excluding hydrogens is 333 g/mol. The molecule has 0 spiro atoms. The van der Waals surface area contributed by atoms with Crippen LogP contribution in [0.3, 0.4) is 0 Å². The minimum absolute atomic E-state index is 0.0611. The first-order chi connectivity index (χ1) is 12.7. The van der Waals surface area contributed by atoms with Gasteiger partial charge in [0.1, 0.15) is 11.9 Å². The second kappa shape index (κ2) is 8.81. The van der Waals surface area contributed by atoms with Crippen molar-refractivity contribution in [1.29, 1.82) is 0 Å². The fourth-order valence-electron chi connectivity index (χ4n) is 3.24. The van der Waals surface area contributed by atoms with Crippen molar-refractivity contribution in [3.05, 3.63) is 59.9 Å². The van der Waals surface area contributed by atoms with E-state index in [0.717, 1.165) is 44.0 Å². The quantitative estimate of drug-likeness (QED) is 0.671. The van der Waals surface area contributed by atoms with Crippen LogP contribution in [0.25, 0.3) is 0 Å². The van der Waals surface area contributed by atoms with E-state index in [9.17, 15) is 9.18 Å². The Hall–Kier alpha value is -2.40. The lowest BCUT2D eigenvalue weighted by molar-refractivity contribution is 0.0975. The van der Waals surface area contributed by atoms with E-state index in [4.69, 9.17) is 9.47 Å². The number of hydrogen-bond donors (Lipinski definition) is 0. The Labute approximate surface area is 153 Å². The molecule has 0 saturated carbocycles. The lowest BCUT2D eigenvalue weighted by Gasteiger charge is -2.18. The molecule has 1 fully saturated rings. The maximum atomic E-state index is 12.9. The van der Waals surface area contributed by atoms with Crippen molar-refractivity contribution in [2.24, 2.45) is 0 Å². The molecule has 26 heavy (non-hydrogen) atoms. The molecule has 2 aromatic rings. The molecule has 3 rings (SSSR count). The van der Waals surface area contributed by atoms with Crippen molar-refractivity contribution >= 4 is 5.78 Å². The van der Waals surface area contributed by atoms with E-state index in [1.807, 2.05) is 24.3 Å². The maximum absolute atomic E-state index is 12.9. The molecule has 0 radical (unpaired) electrons. The Bertz CT molecular complexity index is 732. The number of carbonyl (C=O) groups is 1. The van der Waals surface area contributed by atoms with Gasteiger partial charge in [-0.25, -0.2) is 4.39 Å². The minimum atomic E-state index is -0.320. The number of ketones is 1. The minimum Gasteiger partial charge on any atom is -0.493 e. The highest BCUT2D eigenvalue weighted by Gasteiger charge is 2.24. The van der Waals surface area contributed by atoms with Crippen molar-refractivity contribution in [3.8, 4) is 11.5 Å². The number of Topliss-reactive ketones (excluding diaryl/α,β-unsaturated/α-hetero) is 1. The van der Waals surface area contributed by atoms with Crippen molar-refractivity contribution in [2.75, 3.05) is 26.7 Å². The van der Waals surface area contributed by atoms with Crippen molar-refractivity contribution in [2.45, 2.75) is 25.4 Å². The summed E-state index contributed by atoms with van der Waals surface area (Å²) < 4.78 is 24.3. The second-order valence-electron chi connectivity index (χ2n) is 6.51. The summed E-state index contributed by atoms with van der Waals surface area (Å²) in [5.41, 5.74) is 0.574. The number of benzene rings is 2. The normalized spacial score (nSPS) is 17.2. The molecule has 4 nitrogen and oxygen atoms in total. The summed E-state index contributed by atoms with van der Waals surface area (Å²) in [6.45, 7) is 2.67. The van der Waals surface area contributed by atoms with Crippen LogP contribution in [0.15, 0.2) is 48.5 Å². The number of methoxy groups -OCH3 is 1. The van der Waals surface area contributed by atoms with Gasteiger partial charge in [0.25, 0.3) is 0 Å². The SMILES string of the molecule is COc1ccccc1OC1CCN(CCCC(=O)c2ccc(F)cc2)C1. The van der Waals surface area contributed by atoms with E-state index >= 15 is 0 Å². The van der Waals surface area contributed by atoms with Crippen LogP contribution >= 0.6 is 0 Å². The van der Waals surface area contributed by atoms with Gasteiger partial charge in [-0.3, -0.25) is 9.69 Å². The zero-order valence-electron chi connectivity index (χ0n) is 15.0. The van der Waals surface area contributed by atoms with Gasteiger partial charge in [0.2, 0.25) is 0 Å². The molecule has 0 N–H and O–H groups in total. The first-order valence-electron chi connectivity index (χ1n) is 8.96. The molecule has 0 aromatic heterocycles. The van der Waals surface area contributed by atoms with Crippen molar-refractivity contribution in [1.82, 2.24) is 4.90 Å². The third kappa shape index (κ3) is 4.82. The number of carbonyl (C=O) groups excluding carboxylic acids is 1. The molecule has 1 atom stereocenters. The topological polar surface area (TPSA) is 38.8 Å². The summed E-state index contributed by atoms with van der Waals surface area (Å²) in [7, 11) is 1.64. The van der Waals surface area contributed by atoms with Crippen LogP contribution in [0, 0.1) is 5.82 Å². The zero-order chi connectivity index (χ0) is 18.4. The number of rotatable bonds is 8. The van der Waals surface area contributed by atoms with Gasteiger partial charge in [-0.15, -0.1) is 0 Å². The van der Waals surface area contributed by atoms with Crippen LogP contribution in [-0.2, 0) is 0 Å². The van der Waals surface area contributed by atoms with Crippen molar-refractivity contribution in [3.63, 3.8) is 0 Å². The van der Waals surface area contributed by atoms with Crippen LogP contribution in [0.1, 0.15) is 29.6 Å². The zero-order valence-corrected chi connectivity index (χ0v) is 15.0. The molecule has 0 bridgehead atoms. The lowest BCUT2D eigenvalue weighted by atomic mass is 10.1. The third-order valence-electron chi connectivity index (χ3n) is 4.64. The Kier molecular flexibility index (Phi) is 6.23. The molecule has 138 valence electrons. The van der Waals surface area contributed by atoms with E-state index in [1.54, 1.807) is 19.2 Å². The van der Waals surface area contributed by atoms with Gasteiger partial charge in [0.05, 0.1) is 7.11 Å². The predicted molar refractivity (Wildman–Crippen MR) is 98.4 cm³/mol. The molecule has 1 heterocycles. The number of likely N-dealkylation sites (tertiary alicyclic amines) is 1. The standard InChI is InChI=1S/C21H24FNO3/c1-25-20-6-2-3-7-21(20)26-18-12-14-23(15-18)13-4-5-19(24)16-8-10-17(22)11-9-16/h2-3,6-11,18H,4-5,12-15H2,1H3. The molecule has 1 aliphatic rings. The van der Waals surface area contributed by atoms with Crippen molar-refractivity contribution < 1.29 is 18.7 Å². The van der Waals surface area contributed by atoms with Gasteiger partial charge >= 0.3 is 0 Å². The lowest BCUT2D eigenvalue weighted by Crippen LogP contribution is -2.26. The molecule has 0 amide bonds. The fraction of sp³-hybridized carbons (Fsp3) is 0.381. The summed E-state index contributed by atoms with van der Waals surface area (Å²) in [6, 6.07) is 13.4. The summed E-state index contributed by atoms with van der Waals surface area (Å²) >= 11 is 0.